The highest BCUT2D eigenvalue weighted by atomic mass is 16.5. The van der Waals surface area contributed by atoms with Crippen molar-refractivity contribution in [2.45, 2.75) is 18.6 Å². The van der Waals surface area contributed by atoms with Crippen molar-refractivity contribution < 1.29 is 10.2 Å². The van der Waals surface area contributed by atoms with Crippen molar-refractivity contribution in [3.63, 3.8) is 0 Å². The van der Waals surface area contributed by atoms with Crippen LogP contribution in [0, 0.1) is 0 Å². The van der Waals surface area contributed by atoms with Crippen LogP contribution in [0.25, 0.3) is 5.57 Å². The number of hydrogen-bond donors (Lipinski definition) is 2. The molecule has 0 aromatic heterocycles. The summed E-state index contributed by atoms with van der Waals surface area (Å²) in [4.78, 5) is 0. The molecule has 2 nitrogen and oxygen atoms in total. The van der Waals surface area contributed by atoms with Crippen LogP contribution in [0.2, 0.25) is 0 Å². The topological polar surface area (TPSA) is 40.5 Å². The van der Waals surface area contributed by atoms with Gasteiger partial charge in [-0.3, -0.25) is 0 Å². The summed E-state index contributed by atoms with van der Waals surface area (Å²) >= 11 is 0. The highest BCUT2D eigenvalue weighted by Gasteiger charge is 2.31. The predicted octanol–water partition coefficient (Wildman–Crippen LogP) is 1.64. The molecule has 0 unspecified atom stereocenters. The molecule has 2 aliphatic rings. The fraction of sp³-hybridized carbons (Fsp3) is 0.231. The number of hydrogen-bond acceptors (Lipinski definition) is 2. The lowest BCUT2D eigenvalue weighted by atomic mass is 9.93. The van der Waals surface area contributed by atoms with E-state index in [4.69, 9.17) is 0 Å². The van der Waals surface area contributed by atoms with E-state index in [1.807, 2.05) is 24.3 Å². The van der Waals surface area contributed by atoms with Gasteiger partial charge in [0.05, 0.1) is 0 Å². The smallest absolute Gasteiger partial charge is 0.187 e. The Bertz CT molecular complexity index is 481. The number of rotatable bonds is 0. The van der Waals surface area contributed by atoms with Crippen LogP contribution in [-0.2, 0) is 6.42 Å². The second-order valence-corrected chi connectivity index (χ2v) is 4.23. The van der Waals surface area contributed by atoms with Gasteiger partial charge < -0.3 is 10.2 Å². The van der Waals surface area contributed by atoms with Crippen molar-refractivity contribution in [1.82, 2.24) is 0 Å². The molecule has 15 heavy (non-hydrogen) atoms. The summed E-state index contributed by atoms with van der Waals surface area (Å²) in [5.41, 5.74) is 4.75. The molecule has 2 aliphatic carbocycles. The fourth-order valence-electron chi connectivity index (χ4n) is 2.38. The molecule has 0 saturated heterocycles. The molecule has 0 saturated carbocycles. The first kappa shape index (κ1) is 8.89. The molecule has 0 bridgehead atoms. The lowest BCUT2D eigenvalue weighted by molar-refractivity contribution is -0.113. The van der Waals surface area contributed by atoms with E-state index in [2.05, 4.69) is 6.07 Å². The van der Waals surface area contributed by atoms with Crippen molar-refractivity contribution in [3.8, 4) is 0 Å². The summed E-state index contributed by atoms with van der Waals surface area (Å²) in [6.45, 7) is 0. The Kier molecular flexibility index (Phi) is 1.67. The largest absolute Gasteiger partial charge is 0.362 e. The second-order valence-electron chi connectivity index (χ2n) is 4.23. The quantitative estimate of drug-likeness (QED) is 0.625. The SMILES string of the molecule is OC1(O)C=CC2=C(C1)c1ccccc1C2. The molecule has 0 amide bonds. The van der Waals surface area contributed by atoms with Crippen LogP contribution in [0.5, 0.6) is 0 Å². The van der Waals surface area contributed by atoms with E-state index in [0.29, 0.717) is 6.42 Å². The van der Waals surface area contributed by atoms with Gasteiger partial charge in [0.2, 0.25) is 0 Å². The van der Waals surface area contributed by atoms with Crippen molar-refractivity contribution >= 4 is 5.57 Å². The van der Waals surface area contributed by atoms with Gasteiger partial charge in [0.15, 0.2) is 5.79 Å². The third kappa shape index (κ3) is 1.34. The molecule has 2 heteroatoms. The van der Waals surface area contributed by atoms with Crippen molar-refractivity contribution in [2.75, 3.05) is 0 Å². The molecule has 1 aromatic rings. The standard InChI is InChI=1S/C13H12O2/c14-13(15)6-5-10-7-9-3-1-2-4-11(9)12(10)8-13/h1-6,14-15H,7-8H2. The number of fused-ring (bicyclic) bond motifs is 2. The maximum Gasteiger partial charge on any atom is 0.187 e. The zero-order valence-corrected chi connectivity index (χ0v) is 8.27. The van der Waals surface area contributed by atoms with Crippen LogP contribution in [0.3, 0.4) is 0 Å². The van der Waals surface area contributed by atoms with Gasteiger partial charge in [0.25, 0.3) is 0 Å². The van der Waals surface area contributed by atoms with Crippen molar-refractivity contribution in [2.24, 2.45) is 0 Å². The van der Waals surface area contributed by atoms with Crippen LogP contribution in [0.1, 0.15) is 17.5 Å². The van der Waals surface area contributed by atoms with Crippen LogP contribution in [-0.4, -0.2) is 16.0 Å². The molecule has 0 fully saturated rings. The van der Waals surface area contributed by atoms with E-state index >= 15 is 0 Å². The molecule has 0 heterocycles. The van der Waals surface area contributed by atoms with Crippen LogP contribution < -0.4 is 0 Å². The molecule has 0 radical (unpaired) electrons. The molecule has 1 aromatic carbocycles. The number of aliphatic hydroxyl groups is 2. The van der Waals surface area contributed by atoms with E-state index in [-0.39, 0.29) is 0 Å². The average molecular weight is 200 g/mol. The van der Waals surface area contributed by atoms with Gasteiger partial charge >= 0.3 is 0 Å². The van der Waals surface area contributed by atoms with E-state index in [0.717, 1.165) is 12.0 Å². The third-order valence-corrected chi connectivity index (χ3v) is 3.10. The summed E-state index contributed by atoms with van der Waals surface area (Å²) in [6.07, 6.45) is 4.52. The maximum absolute atomic E-state index is 9.58. The Balaban J connectivity index is 2.10. The minimum absolute atomic E-state index is 0.301. The van der Waals surface area contributed by atoms with Gasteiger partial charge in [0, 0.05) is 6.42 Å². The van der Waals surface area contributed by atoms with Gasteiger partial charge in [-0.05, 0) is 34.8 Å². The molecule has 0 spiro atoms. The zero-order valence-electron chi connectivity index (χ0n) is 8.27. The highest BCUT2D eigenvalue weighted by molar-refractivity contribution is 5.80. The first-order valence-electron chi connectivity index (χ1n) is 5.10. The molecule has 2 N–H and O–H groups in total. The van der Waals surface area contributed by atoms with Gasteiger partial charge in [0.1, 0.15) is 0 Å². The number of allylic oxidation sites excluding steroid dienone is 2. The first-order valence-corrected chi connectivity index (χ1v) is 5.10. The second kappa shape index (κ2) is 2.81. The third-order valence-electron chi connectivity index (χ3n) is 3.10. The van der Waals surface area contributed by atoms with Gasteiger partial charge in [-0.25, -0.2) is 0 Å². The lowest BCUT2D eigenvalue weighted by Gasteiger charge is -2.23. The molecule has 76 valence electrons. The van der Waals surface area contributed by atoms with Crippen molar-refractivity contribution in [1.29, 1.82) is 0 Å². The van der Waals surface area contributed by atoms with E-state index in [9.17, 15) is 10.2 Å². The highest BCUT2D eigenvalue weighted by Crippen LogP contribution is 2.40. The average Bonchev–Trinajstić information content (AvgIpc) is 2.55. The van der Waals surface area contributed by atoms with Crippen LogP contribution in [0.15, 0.2) is 42.0 Å². The summed E-state index contributed by atoms with van der Waals surface area (Å²) in [5.74, 6) is -1.67. The Labute approximate surface area is 88.2 Å². The monoisotopic (exact) mass is 200 g/mol. The minimum Gasteiger partial charge on any atom is -0.362 e. The number of benzene rings is 1. The van der Waals surface area contributed by atoms with Gasteiger partial charge in [-0.1, -0.05) is 30.3 Å². The Morgan fingerprint density at radius 2 is 1.93 bits per heavy atom. The maximum atomic E-state index is 9.58. The summed E-state index contributed by atoms with van der Waals surface area (Å²) in [5, 5.41) is 19.2. The van der Waals surface area contributed by atoms with E-state index < -0.39 is 5.79 Å². The lowest BCUT2D eigenvalue weighted by Crippen LogP contribution is -2.27. The van der Waals surface area contributed by atoms with E-state index in [1.54, 1.807) is 0 Å². The minimum atomic E-state index is -1.67. The Morgan fingerprint density at radius 3 is 2.80 bits per heavy atom. The molecular formula is C13H12O2. The Hall–Kier alpha value is -1.38. The summed E-state index contributed by atoms with van der Waals surface area (Å²) in [7, 11) is 0. The van der Waals surface area contributed by atoms with Gasteiger partial charge in [-0.2, -0.15) is 0 Å². The molecule has 0 aliphatic heterocycles. The molecular weight excluding hydrogens is 188 g/mol. The predicted molar refractivity (Wildman–Crippen MR) is 58.0 cm³/mol. The van der Waals surface area contributed by atoms with Crippen LogP contribution >= 0.6 is 0 Å². The van der Waals surface area contributed by atoms with Gasteiger partial charge in [-0.15, -0.1) is 0 Å². The fourth-order valence-corrected chi connectivity index (χ4v) is 2.38. The Morgan fingerprint density at radius 1 is 1.13 bits per heavy atom. The van der Waals surface area contributed by atoms with E-state index in [1.165, 1.54) is 22.8 Å². The summed E-state index contributed by atoms with van der Waals surface area (Å²) < 4.78 is 0. The van der Waals surface area contributed by atoms with Crippen LogP contribution in [0.4, 0.5) is 0 Å². The first-order chi connectivity index (χ1) is 7.16. The normalized spacial score (nSPS) is 21.5. The zero-order chi connectivity index (χ0) is 10.5. The summed E-state index contributed by atoms with van der Waals surface area (Å²) in [6, 6.07) is 8.15. The van der Waals surface area contributed by atoms with Crippen molar-refractivity contribution in [3.05, 3.63) is 53.1 Å². The molecule has 0 atom stereocenters. The molecule has 3 rings (SSSR count).